The first-order chi connectivity index (χ1) is 12.4. The van der Waals surface area contributed by atoms with Crippen molar-refractivity contribution in [3.8, 4) is 5.75 Å². The van der Waals surface area contributed by atoms with E-state index in [2.05, 4.69) is 64.3 Å². The number of hydrogen-bond donors (Lipinski definition) is 1. The second kappa shape index (κ2) is 5.88. The zero-order valence-electron chi connectivity index (χ0n) is 15.0. The van der Waals surface area contributed by atoms with Crippen LogP contribution in [0, 0.1) is 0 Å². The predicted octanol–water partition coefficient (Wildman–Crippen LogP) is 4.09. The highest BCUT2D eigenvalue weighted by Gasteiger charge is 2.59. The average molecular weight is 413 g/mol. The van der Waals surface area contributed by atoms with Crippen LogP contribution < -0.4 is 15.0 Å². The highest BCUT2D eigenvalue weighted by molar-refractivity contribution is 9.10. The van der Waals surface area contributed by atoms with E-state index in [1.807, 2.05) is 30.3 Å². The van der Waals surface area contributed by atoms with E-state index in [0.29, 0.717) is 6.54 Å². The summed E-state index contributed by atoms with van der Waals surface area (Å²) >= 11 is 3.52. The third-order valence-electron chi connectivity index (χ3n) is 5.57. The van der Waals surface area contributed by atoms with Gasteiger partial charge in [0.25, 0.3) is 0 Å². The number of carbonyl (C=O) groups excluding carboxylic acids is 1. The first kappa shape index (κ1) is 17.2. The average Bonchev–Trinajstić information content (AvgIpc) is 3.05. The molecule has 1 fully saturated rings. The summed E-state index contributed by atoms with van der Waals surface area (Å²) in [7, 11) is 1.66. The van der Waals surface area contributed by atoms with Crippen LogP contribution in [-0.2, 0) is 10.2 Å². The molecule has 5 heteroatoms. The van der Waals surface area contributed by atoms with Crippen LogP contribution in [0.1, 0.15) is 25.0 Å². The van der Waals surface area contributed by atoms with Crippen molar-refractivity contribution in [2.75, 3.05) is 18.6 Å². The number of anilines is 1. The van der Waals surface area contributed by atoms with Crippen molar-refractivity contribution in [3.05, 3.63) is 64.1 Å². The van der Waals surface area contributed by atoms with E-state index in [1.54, 1.807) is 7.11 Å². The van der Waals surface area contributed by atoms with Gasteiger partial charge in [0.2, 0.25) is 5.91 Å². The molecule has 2 aromatic rings. The quantitative estimate of drug-likeness (QED) is 0.824. The maximum atomic E-state index is 12.3. The van der Waals surface area contributed by atoms with Gasteiger partial charge in [-0.05, 0) is 35.9 Å². The molecule has 1 saturated heterocycles. The van der Waals surface area contributed by atoms with Crippen LogP contribution in [0.3, 0.4) is 0 Å². The summed E-state index contributed by atoms with van der Waals surface area (Å²) in [6, 6.07) is 14.2. The number of fused-ring (bicyclic) bond motifs is 3. The first-order valence-electron chi connectivity index (χ1n) is 8.60. The zero-order valence-corrected chi connectivity index (χ0v) is 16.6. The summed E-state index contributed by atoms with van der Waals surface area (Å²) < 4.78 is 6.47. The van der Waals surface area contributed by atoms with E-state index in [-0.39, 0.29) is 11.3 Å². The van der Waals surface area contributed by atoms with Gasteiger partial charge in [-0.1, -0.05) is 54.1 Å². The van der Waals surface area contributed by atoms with E-state index >= 15 is 0 Å². The summed E-state index contributed by atoms with van der Waals surface area (Å²) in [4.78, 5) is 14.5. The first-order valence-corrected chi connectivity index (χ1v) is 9.39. The SMILES string of the molecule is COc1ccc(Br)cc1/C=C/[C@@]12NC(=O)CN1c1ccccc1C2(C)C. The van der Waals surface area contributed by atoms with Crippen molar-refractivity contribution in [2.24, 2.45) is 0 Å². The van der Waals surface area contributed by atoms with E-state index in [1.165, 1.54) is 5.56 Å². The topological polar surface area (TPSA) is 41.6 Å². The standard InChI is InChI=1S/C21H21BrN2O2/c1-20(2)16-6-4-5-7-17(16)24-13-19(25)23-21(20,24)11-10-14-12-15(22)8-9-18(14)26-3/h4-12H,13H2,1-3H3,(H,23,25)/b11-10+/t21-/m1/s1. The molecule has 0 spiro atoms. The van der Waals surface area contributed by atoms with Crippen molar-refractivity contribution in [1.29, 1.82) is 0 Å². The lowest BCUT2D eigenvalue weighted by Gasteiger charge is -2.40. The van der Waals surface area contributed by atoms with Gasteiger partial charge >= 0.3 is 0 Å². The number of nitrogens with one attached hydrogen (secondary N) is 1. The monoisotopic (exact) mass is 412 g/mol. The van der Waals surface area contributed by atoms with Gasteiger partial charge in [0.05, 0.1) is 13.7 Å². The van der Waals surface area contributed by atoms with Gasteiger partial charge in [-0.3, -0.25) is 4.79 Å². The Morgan fingerprint density at radius 3 is 2.77 bits per heavy atom. The van der Waals surface area contributed by atoms with E-state index in [4.69, 9.17) is 4.74 Å². The predicted molar refractivity (Wildman–Crippen MR) is 107 cm³/mol. The summed E-state index contributed by atoms with van der Waals surface area (Å²) in [5.41, 5.74) is 2.45. The molecular formula is C21H21BrN2O2. The Hall–Kier alpha value is -2.27. The fourth-order valence-electron chi connectivity index (χ4n) is 4.19. The van der Waals surface area contributed by atoms with Crippen LogP contribution in [0.5, 0.6) is 5.75 Å². The molecule has 0 aromatic heterocycles. The van der Waals surface area contributed by atoms with Gasteiger partial charge in [-0.15, -0.1) is 0 Å². The molecule has 1 amide bonds. The van der Waals surface area contributed by atoms with Crippen molar-refractivity contribution < 1.29 is 9.53 Å². The number of hydrogen-bond acceptors (Lipinski definition) is 3. The molecule has 1 N–H and O–H groups in total. The van der Waals surface area contributed by atoms with Crippen molar-refractivity contribution in [1.82, 2.24) is 5.32 Å². The number of amides is 1. The number of nitrogens with zero attached hydrogens (tertiary/aromatic N) is 1. The van der Waals surface area contributed by atoms with Gasteiger partial charge < -0.3 is 15.0 Å². The molecule has 1 atom stereocenters. The fourth-order valence-corrected chi connectivity index (χ4v) is 4.56. The minimum absolute atomic E-state index is 0.0402. The minimum Gasteiger partial charge on any atom is -0.496 e. The lowest BCUT2D eigenvalue weighted by Crippen LogP contribution is -2.58. The Kier molecular flexibility index (Phi) is 3.88. The molecule has 26 heavy (non-hydrogen) atoms. The minimum atomic E-state index is -0.596. The highest BCUT2D eigenvalue weighted by Crippen LogP contribution is 2.52. The lowest BCUT2D eigenvalue weighted by molar-refractivity contribution is -0.118. The third kappa shape index (κ3) is 2.30. The number of halogens is 1. The Balaban J connectivity index is 1.84. The number of benzene rings is 2. The molecule has 0 bridgehead atoms. The van der Waals surface area contributed by atoms with Crippen molar-refractivity contribution >= 4 is 33.6 Å². The molecular weight excluding hydrogens is 392 g/mol. The molecule has 0 unspecified atom stereocenters. The highest BCUT2D eigenvalue weighted by atomic mass is 79.9. The molecule has 4 rings (SSSR count). The lowest BCUT2D eigenvalue weighted by atomic mass is 9.75. The van der Waals surface area contributed by atoms with Crippen LogP contribution in [-0.4, -0.2) is 25.2 Å². The van der Waals surface area contributed by atoms with Crippen LogP contribution >= 0.6 is 15.9 Å². The normalized spacial score (nSPS) is 23.1. The van der Waals surface area contributed by atoms with Crippen molar-refractivity contribution in [3.63, 3.8) is 0 Å². The molecule has 2 aromatic carbocycles. The van der Waals surface area contributed by atoms with Gasteiger partial charge in [0, 0.05) is 21.1 Å². The molecule has 2 heterocycles. The molecule has 4 nitrogen and oxygen atoms in total. The second-order valence-corrected chi connectivity index (χ2v) is 8.18. The maximum absolute atomic E-state index is 12.3. The second-order valence-electron chi connectivity index (χ2n) is 7.26. The number of para-hydroxylation sites is 1. The summed E-state index contributed by atoms with van der Waals surface area (Å²) in [6.45, 7) is 4.72. The Labute approximate surface area is 162 Å². The Morgan fingerprint density at radius 1 is 1.23 bits per heavy atom. The van der Waals surface area contributed by atoms with Gasteiger partial charge in [0.1, 0.15) is 11.4 Å². The molecule has 0 radical (unpaired) electrons. The van der Waals surface area contributed by atoms with E-state index < -0.39 is 5.66 Å². The number of rotatable bonds is 3. The van der Waals surface area contributed by atoms with Crippen molar-refractivity contribution in [2.45, 2.75) is 24.9 Å². The summed E-state index contributed by atoms with van der Waals surface area (Å²) in [6.07, 6.45) is 4.14. The summed E-state index contributed by atoms with van der Waals surface area (Å²) in [5, 5.41) is 3.24. The third-order valence-corrected chi connectivity index (χ3v) is 6.07. The molecule has 2 aliphatic heterocycles. The molecule has 134 valence electrons. The zero-order chi connectivity index (χ0) is 18.5. The van der Waals surface area contributed by atoms with Crippen LogP contribution in [0.4, 0.5) is 5.69 Å². The number of carbonyl (C=O) groups is 1. The largest absolute Gasteiger partial charge is 0.496 e. The maximum Gasteiger partial charge on any atom is 0.241 e. The number of ether oxygens (including phenoxy) is 1. The van der Waals surface area contributed by atoms with Crippen LogP contribution in [0.15, 0.2) is 53.0 Å². The molecule has 2 aliphatic rings. The number of methoxy groups -OCH3 is 1. The van der Waals surface area contributed by atoms with Crippen LogP contribution in [0.2, 0.25) is 0 Å². The Morgan fingerprint density at radius 2 is 2.00 bits per heavy atom. The van der Waals surface area contributed by atoms with E-state index in [0.717, 1.165) is 21.5 Å². The van der Waals surface area contributed by atoms with Gasteiger partial charge in [-0.25, -0.2) is 0 Å². The van der Waals surface area contributed by atoms with Crippen LogP contribution in [0.25, 0.3) is 6.08 Å². The Bertz CT molecular complexity index is 922. The van der Waals surface area contributed by atoms with E-state index in [9.17, 15) is 4.79 Å². The molecule has 0 saturated carbocycles. The molecule has 0 aliphatic carbocycles. The van der Waals surface area contributed by atoms with Gasteiger partial charge in [-0.2, -0.15) is 0 Å². The fraction of sp³-hybridized carbons (Fsp3) is 0.286. The smallest absolute Gasteiger partial charge is 0.241 e. The summed E-state index contributed by atoms with van der Waals surface area (Å²) in [5.74, 6) is 0.837. The van der Waals surface area contributed by atoms with Gasteiger partial charge in [0.15, 0.2) is 0 Å².